The summed E-state index contributed by atoms with van der Waals surface area (Å²) in [6, 6.07) is 8.89. The van der Waals surface area contributed by atoms with E-state index in [1.165, 1.54) is 15.6 Å². The van der Waals surface area contributed by atoms with Crippen molar-refractivity contribution in [1.29, 1.82) is 0 Å². The van der Waals surface area contributed by atoms with Crippen LogP contribution in [-0.2, 0) is 0 Å². The fourth-order valence-corrected chi connectivity index (χ4v) is 4.12. The average Bonchev–Trinajstić information content (AvgIpc) is 3.01. The van der Waals surface area contributed by atoms with Crippen LogP contribution in [0.2, 0.25) is 0 Å². The van der Waals surface area contributed by atoms with Gasteiger partial charge in [0, 0.05) is 10.9 Å². The lowest BCUT2D eigenvalue weighted by Gasteiger charge is -2.09. The molecule has 0 bridgehead atoms. The Morgan fingerprint density at radius 2 is 2.17 bits per heavy atom. The van der Waals surface area contributed by atoms with E-state index in [0.29, 0.717) is 6.04 Å². The molecular weight excluding hydrogens is 284 g/mol. The number of nitrogens with zero attached hydrogens (tertiary/aromatic N) is 2. The third-order valence-electron chi connectivity index (χ3n) is 3.17. The number of amidine groups is 1. The highest BCUT2D eigenvalue weighted by Crippen LogP contribution is 2.38. The molecule has 92 valence electrons. The lowest BCUT2D eigenvalue weighted by Crippen LogP contribution is -2.15. The fraction of sp³-hybridized carbons (Fsp3) is 0.154. The van der Waals surface area contributed by atoms with Crippen molar-refractivity contribution in [2.75, 3.05) is 6.54 Å². The molecule has 2 nitrogen and oxygen atoms in total. The fourth-order valence-electron chi connectivity index (χ4n) is 2.32. The predicted molar refractivity (Wildman–Crippen MR) is 82.7 cm³/mol. The SMILES string of the molecule is C1=CN2CC(c3csc4ccccc34)N=C2S1.Cl. The van der Waals surface area contributed by atoms with Crippen molar-refractivity contribution in [2.24, 2.45) is 4.99 Å². The van der Waals surface area contributed by atoms with Crippen LogP contribution in [0.1, 0.15) is 11.6 Å². The third-order valence-corrected chi connectivity index (χ3v) is 4.96. The number of hydrogen-bond acceptors (Lipinski definition) is 4. The van der Waals surface area contributed by atoms with Gasteiger partial charge in [0.1, 0.15) is 0 Å². The molecular formula is C13H11ClN2S2. The molecule has 0 spiro atoms. The van der Waals surface area contributed by atoms with E-state index in [1.54, 1.807) is 11.8 Å². The maximum atomic E-state index is 4.79. The first-order chi connectivity index (χ1) is 8.42. The molecule has 2 aliphatic heterocycles. The van der Waals surface area contributed by atoms with Gasteiger partial charge in [-0.15, -0.1) is 23.7 Å². The monoisotopic (exact) mass is 294 g/mol. The molecule has 1 unspecified atom stereocenters. The Kier molecular flexibility index (Phi) is 3.09. The van der Waals surface area contributed by atoms with Crippen LogP contribution in [0.5, 0.6) is 0 Å². The molecule has 0 radical (unpaired) electrons. The molecule has 1 atom stereocenters. The van der Waals surface area contributed by atoms with Gasteiger partial charge in [0.05, 0.1) is 12.6 Å². The number of thiophene rings is 1. The van der Waals surface area contributed by atoms with Crippen LogP contribution in [0.4, 0.5) is 0 Å². The number of aliphatic imine (C=N–C) groups is 1. The molecule has 0 saturated heterocycles. The summed E-state index contributed by atoms with van der Waals surface area (Å²) in [6.07, 6.45) is 2.12. The van der Waals surface area contributed by atoms with Crippen molar-refractivity contribution in [3.63, 3.8) is 0 Å². The van der Waals surface area contributed by atoms with Gasteiger partial charge in [0.15, 0.2) is 5.17 Å². The Morgan fingerprint density at radius 3 is 3.06 bits per heavy atom. The van der Waals surface area contributed by atoms with Gasteiger partial charge in [-0.1, -0.05) is 30.0 Å². The predicted octanol–water partition coefficient (Wildman–Crippen LogP) is 4.25. The van der Waals surface area contributed by atoms with Crippen molar-refractivity contribution >= 4 is 50.8 Å². The van der Waals surface area contributed by atoms with E-state index < -0.39 is 0 Å². The lowest BCUT2D eigenvalue weighted by atomic mass is 10.1. The summed E-state index contributed by atoms with van der Waals surface area (Å²) >= 11 is 3.53. The summed E-state index contributed by atoms with van der Waals surface area (Å²) in [7, 11) is 0. The second kappa shape index (κ2) is 4.61. The average molecular weight is 295 g/mol. The van der Waals surface area contributed by atoms with Gasteiger partial charge in [0.2, 0.25) is 0 Å². The molecule has 0 saturated carbocycles. The van der Waals surface area contributed by atoms with E-state index in [9.17, 15) is 0 Å². The Labute approximate surface area is 120 Å². The van der Waals surface area contributed by atoms with E-state index in [4.69, 9.17) is 4.99 Å². The first-order valence-corrected chi connectivity index (χ1v) is 7.32. The first-order valence-electron chi connectivity index (χ1n) is 5.56. The second-order valence-corrected chi connectivity index (χ2v) is 5.95. The molecule has 5 heteroatoms. The second-order valence-electron chi connectivity index (χ2n) is 4.17. The minimum Gasteiger partial charge on any atom is -0.325 e. The maximum absolute atomic E-state index is 4.79. The zero-order valence-corrected chi connectivity index (χ0v) is 11.9. The van der Waals surface area contributed by atoms with Crippen LogP contribution in [0.15, 0.2) is 46.2 Å². The van der Waals surface area contributed by atoms with E-state index in [0.717, 1.165) is 11.7 Å². The van der Waals surface area contributed by atoms with Gasteiger partial charge in [-0.25, -0.2) is 0 Å². The van der Waals surface area contributed by atoms with Crippen molar-refractivity contribution in [2.45, 2.75) is 6.04 Å². The van der Waals surface area contributed by atoms with Crippen LogP contribution in [0, 0.1) is 0 Å². The van der Waals surface area contributed by atoms with Crippen LogP contribution < -0.4 is 0 Å². The molecule has 0 fully saturated rings. The number of thioether (sulfide) groups is 1. The van der Waals surface area contributed by atoms with Crippen LogP contribution >= 0.6 is 35.5 Å². The smallest absolute Gasteiger partial charge is 0.168 e. The van der Waals surface area contributed by atoms with Gasteiger partial charge in [-0.05, 0) is 27.8 Å². The summed E-state index contributed by atoms with van der Waals surface area (Å²) < 4.78 is 1.36. The highest BCUT2D eigenvalue weighted by Gasteiger charge is 2.28. The van der Waals surface area contributed by atoms with Crippen LogP contribution in [0.25, 0.3) is 10.1 Å². The number of halogens is 1. The van der Waals surface area contributed by atoms with Crippen molar-refractivity contribution < 1.29 is 0 Å². The number of hydrogen-bond donors (Lipinski definition) is 0. The summed E-state index contributed by atoms with van der Waals surface area (Å²) in [5.74, 6) is 0. The minimum atomic E-state index is 0. The molecule has 3 heterocycles. The van der Waals surface area contributed by atoms with E-state index in [-0.39, 0.29) is 12.4 Å². The Morgan fingerprint density at radius 1 is 1.28 bits per heavy atom. The molecule has 0 N–H and O–H groups in total. The quantitative estimate of drug-likeness (QED) is 0.781. The highest BCUT2D eigenvalue weighted by molar-refractivity contribution is 8.16. The van der Waals surface area contributed by atoms with Crippen molar-refractivity contribution in [3.05, 3.63) is 46.8 Å². The summed E-state index contributed by atoms with van der Waals surface area (Å²) in [5.41, 5.74) is 1.38. The molecule has 1 aromatic carbocycles. The summed E-state index contributed by atoms with van der Waals surface area (Å²) in [4.78, 5) is 7.03. The lowest BCUT2D eigenvalue weighted by molar-refractivity contribution is 0.561. The number of fused-ring (bicyclic) bond motifs is 2. The third kappa shape index (κ3) is 1.76. The molecule has 1 aromatic heterocycles. The molecule has 4 rings (SSSR count). The van der Waals surface area contributed by atoms with Gasteiger partial charge in [0.25, 0.3) is 0 Å². The Balaban J connectivity index is 0.000001000. The number of benzene rings is 1. The summed E-state index contributed by atoms with van der Waals surface area (Å²) in [6.45, 7) is 0.986. The molecule has 2 aromatic rings. The van der Waals surface area contributed by atoms with Gasteiger partial charge >= 0.3 is 0 Å². The maximum Gasteiger partial charge on any atom is 0.168 e. The minimum absolute atomic E-state index is 0. The number of rotatable bonds is 1. The largest absolute Gasteiger partial charge is 0.325 e. The van der Waals surface area contributed by atoms with Gasteiger partial charge in [-0.2, -0.15) is 0 Å². The van der Waals surface area contributed by atoms with Gasteiger partial charge in [-0.3, -0.25) is 4.99 Å². The molecule has 18 heavy (non-hydrogen) atoms. The Hall–Kier alpha value is -0.970. The van der Waals surface area contributed by atoms with E-state index >= 15 is 0 Å². The molecule has 0 amide bonds. The first kappa shape index (κ1) is 12.1. The highest BCUT2D eigenvalue weighted by atomic mass is 35.5. The van der Waals surface area contributed by atoms with E-state index in [2.05, 4.69) is 46.2 Å². The van der Waals surface area contributed by atoms with Gasteiger partial charge < -0.3 is 4.90 Å². The van der Waals surface area contributed by atoms with E-state index in [1.807, 2.05) is 11.3 Å². The van der Waals surface area contributed by atoms with Crippen molar-refractivity contribution in [1.82, 2.24) is 4.90 Å². The molecule has 2 aliphatic rings. The topological polar surface area (TPSA) is 15.6 Å². The zero-order chi connectivity index (χ0) is 11.2. The standard InChI is InChI=1S/C13H10N2S2.ClH/c1-2-4-12-9(3-1)10(8-17-12)11-7-15-5-6-16-13(15)14-11;/h1-6,8,11H,7H2;1H. The summed E-state index contributed by atoms with van der Waals surface area (Å²) in [5, 5.41) is 6.86. The van der Waals surface area contributed by atoms with Crippen LogP contribution in [-0.4, -0.2) is 16.6 Å². The Bertz CT molecular complexity index is 647. The zero-order valence-electron chi connectivity index (χ0n) is 9.45. The van der Waals surface area contributed by atoms with Crippen molar-refractivity contribution in [3.8, 4) is 0 Å². The van der Waals surface area contributed by atoms with Crippen LogP contribution in [0.3, 0.4) is 0 Å². The normalized spacial score (nSPS) is 21.0. The molecule has 0 aliphatic carbocycles.